The molecule has 0 radical (unpaired) electrons. The van der Waals surface area contributed by atoms with Gasteiger partial charge in [-0.25, -0.2) is 13.1 Å². The Balaban J connectivity index is 0.00000288. The van der Waals surface area contributed by atoms with E-state index in [1.165, 1.54) is 13.5 Å². The fraction of sp³-hybridized carbons (Fsp3) is 0.562. The number of aryl methyl sites for hydroxylation is 1. The number of hydrogen-bond donors (Lipinski definition) is 3. The summed E-state index contributed by atoms with van der Waals surface area (Å²) < 4.78 is 25.5. The van der Waals surface area contributed by atoms with Crippen LogP contribution in [0.1, 0.15) is 24.8 Å². The SMILES string of the molecule is CNS(=O)(=O)c1ccc(CCC(=O)NCCC2CCNC2)cc1.Cl. The largest absolute Gasteiger partial charge is 0.356 e. The third kappa shape index (κ3) is 6.39. The summed E-state index contributed by atoms with van der Waals surface area (Å²) in [5.74, 6) is 0.722. The number of hydrogen-bond acceptors (Lipinski definition) is 4. The van der Waals surface area contributed by atoms with Crippen molar-refractivity contribution in [2.75, 3.05) is 26.7 Å². The van der Waals surface area contributed by atoms with Crippen molar-refractivity contribution in [1.82, 2.24) is 15.4 Å². The van der Waals surface area contributed by atoms with Gasteiger partial charge >= 0.3 is 0 Å². The highest BCUT2D eigenvalue weighted by molar-refractivity contribution is 7.89. The van der Waals surface area contributed by atoms with Crippen molar-refractivity contribution in [3.63, 3.8) is 0 Å². The molecule has 6 nitrogen and oxygen atoms in total. The third-order valence-electron chi connectivity index (χ3n) is 4.18. The molecule has 0 spiro atoms. The molecule has 8 heteroatoms. The number of rotatable bonds is 8. The molecular weight excluding hydrogens is 350 g/mol. The van der Waals surface area contributed by atoms with E-state index in [0.29, 0.717) is 18.8 Å². The van der Waals surface area contributed by atoms with E-state index in [-0.39, 0.29) is 23.2 Å². The molecule has 2 rings (SSSR count). The second-order valence-corrected chi connectivity index (χ2v) is 7.74. The smallest absolute Gasteiger partial charge is 0.240 e. The Morgan fingerprint density at radius 3 is 2.58 bits per heavy atom. The lowest BCUT2D eigenvalue weighted by molar-refractivity contribution is -0.121. The van der Waals surface area contributed by atoms with Crippen LogP contribution in [-0.4, -0.2) is 41.0 Å². The normalized spacial score (nSPS) is 17.3. The van der Waals surface area contributed by atoms with Crippen LogP contribution >= 0.6 is 12.4 Å². The zero-order chi connectivity index (χ0) is 16.7. The van der Waals surface area contributed by atoms with E-state index in [1.54, 1.807) is 24.3 Å². The first-order valence-corrected chi connectivity index (χ1v) is 9.49. The van der Waals surface area contributed by atoms with E-state index in [9.17, 15) is 13.2 Å². The molecule has 0 bridgehead atoms. The van der Waals surface area contributed by atoms with Crippen molar-refractivity contribution in [2.24, 2.45) is 5.92 Å². The molecule has 24 heavy (non-hydrogen) atoms. The van der Waals surface area contributed by atoms with Crippen molar-refractivity contribution in [3.05, 3.63) is 29.8 Å². The first-order chi connectivity index (χ1) is 11.0. The van der Waals surface area contributed by atoms with Gasteiger partial charge in [-0.2, -0.15) is 0 Å². The average molecular weight is 376 g/mol. The van der Waals surface area contributed by atoms with Crippen molar-refractivity contribution >= 4 is 28.3 Å². The molecule has 1 aliphatic heterocycles. The van der Waals surface area contributed by atoms with Gasteiger partial charge < -0.3 is 10.6 Å². The van der Waals surface area contributed by atoms with Crippen LogP contribution in [0.3, 0.4) is 0 Å². The van der Waals surface area contributed by atoms with Gasteiger partial charge in [-0.1, -0.05) is 12.1 Å². The monoisotopic (exact) mass is 375 g/mol. The molecule has 0 saturated carbocycles. The molecule has 1 amide bonds. The molecular formula is C16H26ClN3O3S. The molecule has 1 fully saturated rings. The highest BCUT2D eigenvalue weighted by atomic mass is 35.5. The number of sulfonamides is 1. The van der Waals surface area contributed by atoms with Gasteiger partial charge in [0.25, 0.3) is 0 Å². The lowest BCUT2D eigenvalue weighted by atomic mass is 10.1. The Kier molecular flexibility index (Phi) is 8.69. The lowest BCUT2D eigenvalue weighted by Crippen LogP contribution is -2.26. The van der Waals surface area contributed by atoms with Gasteiger partial charge in [-0.15, -0.1) is 12.4 Å². The topological polar surface area (TPSA) is 87.3 Å². The van der Waals surface area contributed by atoms with E-state index in [4.69, 9.17) is 0 Å². The van der Waals surface area contributed by atoms with Crippen molar-refractivity contribution in [2.45, 2.75) is 30.6 Å². The van der Waals surface area contributed by atoms with E-state index in [2.05, 4.69) is 15.4 Å². The van der Waals surface area contributed by atoms with E-state index >= 15 is 0 Å². The number of amides is 1. The summed E-state index contributed by atoms with van der Waals surface area (Å²) in [5.41, 5.74) is 0.954. The molecule has 3 N–H and O–H groups in total. The van der Waals surface area contributed by atoms with Crippen LogP contribution in [-0.2, 0) is 21.2 Å². The Morgan fingerprint density at radius 1 is 1.29 bits per heavy atom. The van der Waals surface area contributed by atoms with Gasteiger partial charge in [0, 0.05) is 13.0 Å². The Hall–Kier alpha value is -1.15. The maximum atomic E-state index is 11.8. The summed E-state index contributed by atoms with van der Waals surface area (Å²) in [6.07, 6.45) is 3.24. The highest BCUT2D eigenvalue weighted by Gasteiger charge is 2.14. The molecule has 1 unspecified atom stereocenters. The summed E-state index contributed by atoms with van der Waals surface area (Å²) in [7, 11) is -2.02. The number of nitrogens with one attached hydrogen (secondary N) is 3. The second kappa shape index (κ2) is 9.98. The van der Waals surface area contributed by atoms with Gasteiger partial charge in [0.05, 0.1) is 4.90 Å². The van der Waals surface area contributed by atoms with Crippen LogP contribution in [0.5, 0.6) is 0 Å². The Labute approximate surface area is 150 Å². The van der Waals surface area contributed by atoms with Gasteiger partial charge in [0.1, 0.15) is 0 Å². The van der Waals surface area contributed by atoms with Crippen LogP contribution in [0.2, 0.25) is 0 Å². The fourth-order valence-corrected chi connectivity index (χ4v) is 3.41. The molecule has 1 aromatic carbocycles. The maximum absolute atomic E-state index is 11.8. The summed E-state index contributed by atoms with van der Waals surface area (Å²) in [5, 5.41) is 6.27. The highest BCUT2D eigenvalue weighted by Crippen LogP contribution is 2.12. The number of carbonyl (C=O) groups excluding carboxylic acids is 1. The lowest BCUT2D eigenvalue weighted by Gasteiger charge is -2.09. The third-order valence-corrected chi connectivity index (χ3v) is 5.61. The van der Waals surface area contributed by atoms with Gasteiger partial charge in [-0.05, 0) is 63.0 Å². The van der Waals surface area contributed by atoms with E-state index in [1.807, 2.05) is 0 Å². The number of halogens is 1. The van der Waals surface area contributed by atoms with Crippen LogP contribution < -0.4 is 15.4 Å². The first-order valence-electron chi connectivity index (χ1n) is 8.01. The Morgan fingerprint density at radius 2 is 2.00 bits per heavy atom. The van der Waals surface area contributed by atoms with Gasteiger partial charge in [0.15, 0.2) is 0 Å². The molecule has 1 saturated heterocycles. The second-order valence-electron chi connectivity index (χ2n) is 5.85. The van der Waals surface area contributed by atoms with Crippen LogP contribution in [0.25, 0.3) is 0 Å². The minimum Gasteiger partial charge on any atom is -0.356 e. The van der Waals surface area contributed by atoms with Crippen molar-refractivity contribution in [1.29, 1.82) is 0 Å². The quantitative estimate of drug-likeness (QED) is 0.634. The summed E-state index contributed by atoms with van der Waals surface area (Å²) in [6.45, 7) is 2.86. The molecule has 1 heterocycles. The standard InChI is InChI=1S/C16H25N3O3S.ClH/c1-17-23(21,22)15-5-2-13(3-6-15)4-7-16(20)19-11-9-14-8-10-18-12-14;/h2-3,5-6,14,17-18H,4,7-12H2,1H3,(H,19,20);1H. The van der Waals surface area contributed by atoms with Gasteiger partial charge in [-0.3, -0.25) is 4.79 Å². The zero-order valence-corrected chi connectivity index (χ0v) is 15.5. The minimum absolute atomic E-state index is 0. The van der Waals surface area contributed by atoms with E-state index < -0.39 is 10.0 Å². The number of benzene rings is 1. The first kappa shape index (κ1) is 20.9. The molecule has 136 valence electrons. The van der Waals surface area contributed by atoms with E-state index in [0.717, 1.165) is 31.6 Å². The van der Waals surface area contributed by atoms with Crippen LogP contribution in [0.4, 0.5) is 0 Å². The van der Waals surface area contributed by atoms with Crippen LogP contribution in [0.15, 0.2) is 29.2 Å². The van der Waals surface area contributed by atoms with Crippen LogP contribution in [0, 0.1) is 5.92 Å². The predicted octanol–water partition coefficient (Wildman–Crippen LogP) is 1.06. The van der Waals surface area contributed by atoms with Crippen molar-refractivity contribution < 1.29 is 13.2 Å². The fourth-order valence-electron chi connectivity index (χ4n) is 2.68. The number of carbonyl (C=O) groups is 1. The molecule has 1 aromatic rings. The molecule has 1 aliphatic rings. The maximum Gasteiger partial charge on any atom is 0.240 e. The zero-order valence-electron chi connectivity index (χ0n) is 13.9. The summed E-state index contributed by atoms with van der Waals surface area (Å²) in [4.78, 5) is 12.1. The predicted molar refractivity (Wildman–Crippen MR) is 96.9 cm³/mol. The summed E-state index contributed by atoms with van der Waals surface area (Å²) in [6, 6.07) is 6.63. The Bertz CT molecular complexity index is 614. The van der Waals surface area contributed by atoms with Crippen molar-refractivity contribution in [3.8, 4) is 0 Å². The summed E-state index contributed by atoms with van der Waals surface area (Å²) >= 11 is 0. The molecule has 1 atom stereocenters. The average Bonchev–Trinajstić information content (AvgIpc) is 3.07. The van der Waals surface area contributed by atoms with Gasteiger partial charge in [0.2, 0.25) is 15.9 Å². The minimum atomic E-state index is -3.40. The molecule has 0 aromatic heterocycles. The molecule has 0 aliphatic carbocycles.